The van der Waals surface area contributed by atoms with Gasteiger partial charge in [0.1, 0.15) is 0 Å². The van der Waals surface area contributed by atoms with E-state index in [1.807, 2.05) is 34.9 Å². The number of fused-ring (bicyclic) bond motifs is 2. The zero-order chi connectivity index (χ0) is 17.5. The summed E-state index contributed by atoms with van der Waals surface area (Å²) in [6.07, 6.45) is 3.92. The number of methoxy groups -OCH3 is 1. The Morgan fingerprint density at radius 1 is 0.962 bits per heavy atom. The van der Waals surface area contributed by atoms with E-state index in [0.29, 0.717) is 11.8 Å². The molecule has 4 aromatic heterocycles. The fourth-order valence-corrected chi connectivity index (χ4v) is 3.53. The predicted molar refractivity (Wildman–Crippen MR) is 94.5 cm³/mol. The molecule has 1 aliphatic heterocycles. The summed E-state index contributed by atoms with van der Waals surface area (Å²) < 4.78 is 9.05. The van der Waals surface area contributed by atoms with Crippen molar-refractivity contribution >= 4 is 17.2 Å². The molecular formula is C17H18N8O. The number of anilines is 1. The zero-order valence-electron chi connectivity index (χ0n) is 14.4. The fraction of sp³-hybridized carbons (Fsp3) is 0.353. The Balaban J connectivity index is 1.39. The van der Waals surface area contributed by atoms with Gasteiger partial charge in [0.25, 0.3) is 0 Å². The topological polar surface area (TPSA) is 85.7 Å². The Kier molecular flexibility index (Phi) is 3.44. The molecule has 5 rings (SSSR count). The van der Waals surface area contributed by atoms with E-state index in [2.05, 4.69) is 30.4 Å². The third kappa shape index (κ3) is 2.35. The van der Waals surface area contributed by atoms with Gasteiger partial charge in [0.15, 0.2) is 17.1 Å². The number of hydrogen-bond donors (Lipinski definition) is 0. The lowest BCUT2D eigenvalue weighted by Crippen LogP contribution is -2.34. The van der Waals surface area contributed by atoms with Crippen molar-refractivity contribution in [2.75, 3.05) is 25.1 Å². The Bertz CT molecular complexity index is 1060. The molecule has 9 heteroatoms. The van der Waals surface area contributed by atoms with Crippen molar-refractivity contribution in [2.45, 2.75) is 18.8 Å². The van der Waals surface area contributed by atoms with E-state index in [1.165, 1.54) is 0 Å². The largest absolute Gasteiger partial charge is 0.480 e. The molecule has 132 valence electrons. The molecule has 1 saturated heterocycles. The van der Waals surface area contributed by atoms with Crippen LogP contribution in [0.1, 0.15) is 24.6 Å². The molecule has 0 aromatic carbocycles. The molecule has 1 fully saturated rings. The van der Waals surface area contributed by atoms with Gasteiger partial charge in [-0.3, -0.25) is 4.40 Å². The van der Waals surface area contributed by atoms with Gasteiger partial charge in [-0.2, -0.15) is 4.52 Å². The molecule has 9 nitrogen and oxygen atoms in total. The molecule has 0 unspecified atom stereocenters. The number of nitrogens with zero attached hydrogens (tertiary/aromatic N) is 8. The fourth-order valence-electron chi connectivity index (χ4n) is 3.53. The first-order valence-electron chi connectivity index (χ1n) is 8.64. The second-order valence-electron chi connectivity index (χ2n) is 6.39. The van der Waals surface area contributed by atoms with Crippen molar-refractivity contribution < 1.29 is 4.74 Å². The SMILES string of the molecule is COc1ccc2nnc(C3CCN(c4nnc5ccccn45)CC3)n2n1. The number of pyridine rings is 1. The number of hydrogen-bond acceptors (Lipinski definition) is 7. The average Bonchev–Trinajstić information content (AvgIpc) is 3.32. The molecule has 0 radical (unpaired) electrons. The van der Waals surface area contributed by atoms with Gasteiger partial charge in [-0.15, -0.1) is 25.5 Å². The van der Waals surface area contributed by atoms with Crippen molar-refractivity contribution in [1.29, 1.82) is 0 Å². The van der Waals surface area contributed by atoms with Gasteiger partial charge in [-0.05, 0) is 31.0 Å². The minimum atomic E-state index is 0.306. The molecule has 1 aliphatic rings. The standard InChI is InChI=1S/C17H18N8O/c1-26-15-6-5-14-19-20-16(25(14)22-15)12-7-10-23(11-8-12)17-21-18-13-4-2-3-9-24(13)17/h2-6,9,12H,7-8,10-11H2,1H3. The maximum absolute atomic E-state index is 5.23. The number of ether oxygens (including phenoxy) is 1. The summed E-state index contributed by atoms with van der Waals surface area (Å²) in [6, 6.07) is 9.60. The molecule has 5 heterocycles. The second-order valence-corrected chi connectivity index (χ2v) is 6.39. The monoisotopic (exact) mass is 350 g/mol. The maximum atomic E-state index is 5.23. The lowest BCUT2D eigenvalue weighted by atomic mass is 9.96. The van der Waals surface area contributed by atoms with Gasteiger partial charge >= 0.3 is 0 Å². The molecule has 0 atom stereocenters. The minimum absolute atomic E-state index is 0.306. The summed E-state index contributed by atoms with van der Waals surface area (Å²) in [5.41, 5.74) is 1.61. The van der Waals surface area contributed by atoms with Crippen LogP contribution < -0.4 is 9.64 Å². The van der Waals surface area contributed by atoms with Gasteiger partial charge < -0.3 is 9.64 Å². The van der Waals surface area contributed by atoms with E-state index in [-0.39, 0.29) is 0 Å². The summed E-state index contributed by atoms with van der Waals surface area (Å²) in [5.74, 6) is 2.65. The van der Waals surface area contributed by atoms with Crippen LogP contribution in [-0.2, 0) is 0 Å². The Morgan fingerprint density at radius 2 is 1.81 bits per heavy atom. The molecule has 0 saturated carbocycles. The van der Waals surface area contributed by atoms with Crippen LogP contribution in [-0.4, -0.2) is 54.6 Å². The van der Waals surface area contributed by atoms with Gasteiger partial charge in [0.05, 0.1) is 7.11 Å². The van der Waals surface area contributed by atoms with Gasteiger partial charge in [-0.25, -0.2) is 0 Å². The average molecular weight is 350 g/mol. The lowest BCUT2D eigenvalue weighted by molar-refractivity contribution is 0.386. The molecule has 4 aromatic rings. The highest BCUT2D eigenvalue weighted by molar-refractivity contribution is 5.46. The molecular weight excluding hydrogens is 332 g/mol. The van der Waals surface area contributed by atoms with Gasteiger partial charge in [0, 0.05) is 31.3 Å². The first-order valence-corrected chi connectivity index (χ1v) is 8.64. The van der Waals surface area contributed by atoms with Crippen molar-refractivity contribution in [1.82, 2.24) is 34.4 Å². The van der Waals surface area contributed by atoms with Crippen molar-refractivity contribution in [3.63, 3.8) is 0 Å². The van der Waals surface area contributed by atoms with Crippen LogP contribution in [0, 0.1) is 0 Å². The number of piperidine rings is 1. The number of aromatic nitrogens is 7. The van der Waals surface area contributed by atoms with Crippen molar-refractivity contribution in [2.24, 2.45) is 0 Å². The highest BCUT2D eigenvalue weighted by Crippen LogP contribution is 2.29. The van der Waals surface area contributed by atoms with Crippen LogP contribution in [0.15, 0.2) is 36.5 Å². The smallest absolute Gasteiger partial charge is 0.231 e. The van der Waals surface area contributed by atoms with Crippen molar-refractivity contribution in [3.8, 4) is 5.88 Å². The summed E-state index contributed by atoms with van der Waals surface area (Å²) in [5, 5.41) is 21.7. The van der Waals surface area contributed by atoms with E-state index in [9.17, 15) is 0 Å². The van der Waals surface area contributed by atoms with Crippen LogP contribution in [0.4, 0.5) is 5.95 Å². The third-order valence-corrected chi connectivity index (χ3v) is 4.91. The summed E-state index contributed by atoms with van der Waals surface area (Å²) in [4.78, 5) is 2.27. The minimum Gasteiger partial charge on any atom is -0.480 e. The van der Waals surface area contributed by atoms with Crippen LogP contribution in [0.5, 0.6) is 5.88 Å². The van der Waals surface area contributed by atoms with E-state index in [4.69, 9.17) is 4.74 Å². The highest BCUT2D eigenvalue weighted by atomic mass is 16.5. The highest BCUT2D eigenvalue weighted by Gasteiger charge is 2.27. The van der Waals surface area contributed by atoms with E-state index < -0.39 is 0 Å². The van der Waals surface area contributed by atoms with E-state index in [0.717, 1.165) is 49.0 Å². The first kappa shape index (κ1) is 15.1. The van der Waals surface area contributed by atoms with Crippen molar-refractivity contribution in [3.05, 3.63) is 42.4 Å². The first-order chi connectivity index (χ1) is 12.8. The summed E-state index contributed by atoms with van der Waals surface area (Å²) in [6.45, 7) is 1.78. The molecule has 0 N–H and O–H groups in total. The Hall–Kier alpha value is -3.23. The summed E-state index contributed by atoms with van der Waals surface area (Å²) >= 11 is 0. The number of rotatable bonds is 3. The van der Waals surface area contributed by atoms with Crippen LogP contribution in [0.2, 0.25) is 0 Å². The molecule has 26 heavy (non-hydrogen) atoms. The molecule has 0 aliphatic carbocycles. The van der Waals surface area contributed by atoms with Gasteiger partial charge in [-0.1, -0.05) is 6.07 Å². The van der Waals surface area contributed by atoms with E-state index >= 15 is 0 Å². The van der Waals surface area contributed by atoms with Crippen LogP contribution in [0.25, 0.3) is 11.3 Å². The normalized spacial score (nSPS) is 15.8. The molecule has 0 spiro atoms. The Labute approximate surface area is 149 Å². The maximum Gasteiger partial charge on any atom is 0.231 e. The van der Waals surface area contributed by atoms with Crippen LogP contribution >= 0.6 is 0 Å². The Morgan fingerprint density at radius 3 is 2.65 bits per heavy atom. The van der Waals surface area contributed by atoms with E-state index in [1.54, 1.807) is 17.7 Å². The predicted octanol–water partition coefficient (Wildman–Crippen LogP) is 1.56. The zero-order valence-corrected chi connectivity index (χ0v) is 14.4. The summed E-state index contributed by atoms with van der Waals surface area (Å²) in [7, 11) is 1.61. The second kappa shape index (κ2) is 5.94. The quantitative estimate of drug-likeness (QED) is 0.554. The molecule has 0 bridgehead atoms. The van der Waals surface area contributed by atoms with Crippen LogP contribution in [0.3, 0.4) is 0 Å². The lowest BCUT2D eigenvalue weighted by Gasteiger charge is -2.30. The third-order valence-electron chi connectivity index (χ3n) is 4.91. The molecule has 0 amide bonds. The van der Waals surface area contributed by atoms with Gasteiger partial charge in [0.2, 0.25) is 11.8 Å².